The molecule has 2 aromatic carbocycles. The van der Waals surface area contributed by atoms with Crippen LogP contribution in [0.1, 0.15) is 35.2 Å². The van der Waals surface area contributed by atoms with Crippen LogP contribution in [0.5, 0.6) is 0 Å². The first-order chi connectivity index (χ1) is 17.0. The van der Waals surface area contributed by atoms with Gasteiger partial charge >= 0.3 is 0 Å². The number of rotatable bonds is 6. The Bertz CT molecular complexity index is 1240. The maximum absolute atomic E-state index is 14.7. The number of aryl methyl sites for hydroxylation is 1. The molecule has 0 radical (unpaired) electrons. The van der Waals surface area contributed by atoms with E-state index in [0.717, 1.165) is 19.6 Å². The predicted octanol–water partition coefficient (Wildman–Crippen LogP) is 4.47. The van der Waals surface area contributed by atoms with Crippen LogP contribution in [0.25, 0.3) is 11.3 Å². The number of para-hydroxylation sites is 1. The fourth-order valence-corrected chi connectivity index (χ4v) is 4.71. The first kappa shape index (κ1) is 23.2. The zero-order valence-corrected chi connectivity index (χ0v) is 19.7. The summed E-state index contributed by atoms with van der Waals surface area (Å²) in [5, 5.41) is 6.09. The van der Waals surface area contributed by atoms with Crippen LogP contribution in [-0.2, 0) is 0 Å². The summed E-state index contributed by atoms with van der Waals surface area (Å²) in [6, 6.07) is 10.7. The molecule has 1 saturated heterocycles. The van der Waals surface area contributed by atoms with Crippen LogP contribution in [0.3, 0.4) is 0 Å². The molecule has 7 nitrogen and oxygen atoms in total. The van der Waals surface area contributed by atoms with Gasteiger partial charge in [-0.1, -0.05) is 18.6 Å². The first-order valence-corrected chi connectivity index (χ1v) is 12.0. The summed E-state index contributed by atoms with van der Waals surface area (Å²) in [5.41, 5.74) is 2.17. The number of benzene rings is 2. The number of carbonyl (C=O) groups excluding carboxylic acids is 1. The Morgan fingerprint density at radius 3 is 2.63 bits per heavy atom. The zero-order chi connectivity index (χ0) is 24.4. The Morgan fingerprint density at radius 1 is 1.06 bits per heavy atom. The maximum Gasteiger partial charge on any atom is 0.258 e. The second-order valence-electron chi connectivity index (χ2n) is 8.93. The van der Waals surface area contributed by atoms with Gasteiger partial charge in [-0.05, 0) is 68.8 Å². The van der Waals surface area contributed by atoms with E-state index < -0.39 is 5.82 Å². The molecule has 2 aliphatic rings. The Hall–Kier alpha value is -3.59. The van der Waals surface area contributed by atoms with Gasteiger partial charge in [0.05, 0.1) is 18.1 Å². The molecule has 35 heavy (non-hydrogen) atoms. The van der Waals surface area contributed by atoms with Gasteiger partial charge in [0.25, 0.3) is 5.91 Å². The molecule has 2 aliphatic heterocycles. The summed E-state index contributed by atoms with van der Waals surface area (Å²) >= 11 is 0. The van der Waals surface area contributed by atoms with Gasteiger partial charge < -0.3 is 20.4 Å². The van der Waals surface area contributed by atoms with E-state index in [1.165, 1.54) is 37.5 Å². The van der Waals surface area contributed by atoms with Crippen LogP contribution in [0, 0.1) is 18.6 Å². The molecule has 0 atom stereocenters. The molecule has 3 aromatic rings. The fraction of sp³-hybridized carbons (Fsp3) is 0.346. The Morgan fingerprint density at radius 2 is 1.86 bits per heavy atom. The number of carbonyl (C=O) groups is 1. The highest BCUT2D eigenvalue weighted by Gasteiger charge is 2.32. The summed E-state index contributed by atoms with van der Waals surface area (Å²) in [4.78, 5) is 26.4. The van der Waals surface area contributed by atoms with Crippen LogP contribution < -0.4 is 15.5 Å². The Kier molecular flexibility index (Phi) is 6.59. The van der Waals surface area contributed by atoms with Crippen LogP contribution in [-0.4, -0.2) is 53.6 Å². The number of halogens is 2. The molecule has 3 heterocycles. The molecule has 182 valence electrons. The van der Waals surface area contributed by atoms with Crippen LogP contribution in [0.2, 0.25) is 0 Å². The molecule has 9 heteroatoms. The molecule has 1 fully saturated rings. The summed E-state index contributed by atoms with van der Waals surface area (Å²) in [6.07, 6.45) is 3.68. The van der Waals surface area contributed by atoms with Gasteiger partial charge in [-0.2, -0.15) is 4.98 Å². The molecule has 1 aromatic heterocycles. The van der Waals surface area contributed by atoms with Crippen molar-refractivity contribution in [2.75, 3.05) is 43.1 Å². The summed E-state index contributed by atoms with van der Waals surface area (Å²) in [7, 11) is 0. The van der Waals surface area contributed by atoms with Crippen molar-refractivity contribution in [3.63, 3.8) is 0 Å². The van der Waals surface area contributed by atoms with Crippen molar-refractivity contribution < 1.29 is 13.6 Å². The summed E-state index contributed by atoms with van der Waals surface area (Å²) in [6.45, 7) is 5.47. The summed E-state index contributed by atoms with van der Waals surface area (Å²) in [5.74, 6) is -0.492. The quantitative estimate of drug-likeness (QED) is 0.545. The van der Waals surface area contributed by atoms with Crippen molar-refractivity contribution in [1.82, 2.24) is 20.2 Å². The third-order valence-electron chi connectivity index (χ3n) is 6.52. The first-order valence-electron chi connectivity index (χ1n) is 12.0. The molecular weight excluding hydrogens is 450 g/mol. The van der Waals surface area contributed by atoms with Crippen molar-refractivity contribution in [3.8, 4) is 11.3 Å². The van der Waals surface area contributed by atoms with Gasteiger partial charge in [0, 0.05) is 18.7 Å². The third kappa shape index (κ3) is 4.81. The predicted molar refractivity (Wildman–Crippen MR) is 132 cm³/mol. The molecule has 5 rings (SSSR count). The van der Waals surface area contributed by atoms with Crippen molar-refractivity contribution in [2.45, 2.75) is 26.2 Å². The standard InChI is InChI=1S/C26H28F2N6O/c1-17-15-18(27)9-10-19(17)23-22-24(32-26(31-23)29-11-14-33-12-5-2-6-13-33)34(16-30-25(22)35)21-8-4-3-7-20(21)28/h3-4,7-10,15H,2,5-6,11-14,16H2,1H3,(H,30,35)(H,29,31,32). The second-order valence-corrected chi connectivity index (χ2v) is 8.93. The second kappa shape index (κ2) is 9.95. The highest BCUT2D eigenvalue weighted by Crippen LogP contribution is 2.37. The molecule has 0 aliphatic carbocycles. The summed E-state index contributed by atoms with van der Waals surface area (Å²) < 4.78 is 28.6. The monoisotopic (exact) mass is 478 g/mol. The largest absolute Gasteiger partial charge is 0.353 e. The van der Waals surface area contributed by atoms with Crippen LogP contribution in [0.4, 0.5) is 26.2 Å². The van der Waals surface area contributed by atoms with Crippen molar-refractivity contribution in [1.29, 1.82) is 0 Å². The Balaban J connectivity index is 1.57. The van der Waals surface area contributed by atoms with Gasteiger partial charge in [-0.3, -0.25) is 4.79 Å². The lowest BCUT2D eigenvalue weighted by Gasteiger charge is -2.32. The van der Waals surface area contributed by atoms with E-state index in [0.29, 0.717) is 40.8 Å². The maximum atomic E-state index is 14.7. The normalized spacial score (nSPS) is 16.1. The van der Waals surface area contributed by atoms with Crippen LogP contribution in [0.15, 0.2) is 42.5 Å². The van der Waals surface area contributed by atoms with E-state index in [2.05, 4.69) is 25.5 Å². The van der Waals surface area contributed by atoms with Crippen molar-refractivity contribution >= 4 is 23.4 Å². The molecule has 0 bridgehead atoms. The average Bonchev–Trinajstić information content (AvgIpc) is 2.85. The van der Waals surface area contributed by atoms with Gasteiger partial charge in [0.15, 0.2) is 5.82 Å². The minimum absolute atomic E-state index is 0.0683. The smallest absolute Gasteiger partial charge is 0.258 e. The molecule has 1 amide bonds. The number of piperidine rings is 1. The fourth-order valence-electron chi connectivity index (χ4n) is 4.71. The van der Waals surface area contributed by atoms with E-state index in [9.17, 15) is 13.6 Å². The number of nitrogens with zero attached hydrogens (tertiary/aromatic N) is 4. The molecule has 0 saturated carbocycles. The van der Waals surface area contributed by atoms with Gasteiger partial charge in [-0.15, -0.1) is 0 Å². The molecule has 0 spiro atoms. The van der Waals surface area contributed by atoms with E-state index >= 15 is 0 Å². The number of nitrogens with one attached hydrogen (secondary N) is 2. The number of fused-ring (bicyclic) bond motifs is 1. The van der Waals surface area contributed by atoms with Gasteiger partial charge in [-0.25, -0.2) is 13.8 Å². The number of hydrogen-bond donors (Lipinski definition) is 2. The van der Waals surface area contributed by atoms with Gasteiger partial charge in [0.1, 0.15) is 17.2 Å². The molecule has 2 N–H and O–H groups in total. The Labute approximate surface area is 203 Å². The van der Waals surface area contributed by atoms with Crippen molar-refractivity contribution in [3.05, 3.63) is 65.2 Å². The third-order valence-corrected chi connectivity index (χ3v) is 6.52. The number of likely N-dealkylation sites (tertiary alicyclic amines) is 1. The number of aromatic nitrogens is 2. The lowest BCUT2D eigenvalue weighted by Crippen LogP contribution is -2.42. The van der Waals surface area contributed by atoms with E-state index in [-0.39, 0.29) is 24.0 Å². The van der Waals surface area contributed by atoms with Crippen LogP contribution >= 0.6 is 0 Å². The molecular formula is C26H28F2N6O. The zero-order valence-electron chi connectivity index (χ0n) is 19.7. The topological polar surface area (TPSA) is 73.4 Å². The SMILES string of the molecule is Cc1cc(F)ccc1-c1nc(NCCN2CCCCC2)nc2c1C(=O)NCN2c1ccccc1F. The minimum Gasteiger partial charge on any atom is -0.353 e. The number of anilines is 3. The van der Waals surface area contributed by atoms with E-state index in [1.54, 1.807) is 36.1 Å². The minimum atomic E-state index is -0.424. The lowest BCUT2D eigenvalue weighted by molar-refractivity contribution is 0.0949. The number of amides is 1. The van der Waals surface area contributed by atoms with E-state index in [1.807, 2.05) is 0 Å². The molecule has 0 unspecified atom stereocenters. The average molecular weight is 479 g/mol. The number of hydrogen-bond acceptors (Lipinski definition) is 6. The van der Waals surface area contributed by atoms with Gasteiger partial charge in [0.2, 0.25) is 5.95 Å². The van der Waals surface area contributed by atoms with Crippen molar-refractivity contribution in [2.24, 2.45) is 0 Å². The highest BCUT2D eigenvalue weighted by molar-refractivity contribution is 6.07. The van der Waals surface area contributed by atoms with E-state index in [4.69, 9.17) is 0 Å². The highest BCUT2D eigenvalue weighted by atomic mass is 19.1. The lowest BCUT2D eigenvalue weighted by atomic mass is 9.99.